The van der Waals surface area contributed by atoms with Crippen molar-refractivity contribution in [2.24, 2.45) is 5.92 Å². The first kappa shape index (κ1) is 18.7. The zero-order valence-electron chi connectivity index (χ0n) is 13.5. The Bertz CT molecular complexity index is 547. The van der Waals surface area contributed by atoms with E-state index in [1.807, 2.05) is 13.8 Å². The summed E-state index contributed by atoms with van der Waals surface area (Å²) in [6, 6.07) is 2.96. The quantitative estimate of drug-likeness (QED) is 0.727. The second kappa shape index (κ2) is 8.97. The fourth-order valence-corrected chi connectivity index (χ4v) is 1.74. The molecule has 6 nitrogen and oxygen atoms in total. The maximum absolute atomic E-state index is 12.6. The number of ether oxygens (including phenoxy) is 2. The van der Waals surface area contributed by atoms with Gasteiger partial charge in [0.05, 0.1) is 19.3 Å². The first-order valence-corrected chi connectivity index (χ1v) is 7.29. The molecule has 0 spiro atoms. The normalized spacial score (nSPS) is 11.9. The second-order valence-corrected chi connectivity index (χ2v) is 5.41. The molecule has 0 radical (unpaired) electrons. The van der Waals surface area contributed by atoms with E-state index >= 15 is 0 Å². The fourth-order valence-electron chi connectivity index (χ4n) is 1.74. The molecule has 1 atom stereocenters. The Morgan fingerprint density at radius 3 is 2.57 bits per heavy atom. The number of carbonyl (C=O) groups is 2. The lowest BCUT2D eigenvalue weighted by atomic mass is 10.1. The van der Waals surface area contributed by atoms with E-state index in [-0.39, 0.29) is 11.3 Å². The van der Waals surface area contributed by atoms with Gasteiger partial charge in [0.15, 0.2) is 6.04 Å². The van der Waals surface area contributed by atoms with Crippen molar-refractivity contribution in [3.63, 3.8) is 0 Å². The number of alkyl halides is 1. The molecule has 128 valence electrons. The molecule has 1 rings (SSSR count). The summed E-state index contributed by atoms with van der Waals surface area (Å²) in [6.45, 7) is 3.29. The molecule has 1 amide bonds. The highest BCUT2D eigenvalue weighted by molar-refractivity contribution is 5.99. The number of aliphatic carboxylic acids is 1. The van der Waals surface area contributed by atoms with Gasteiger partial charge in [0.1, 0.15) is 18.2 Å². The maximum Gasteiger partial charge on any atom is 0.328 e. The SMILES string of the molecule is COc1ccc(C(=O)NC(CF)C(=O)O)c(OCCC(C)C)c1. The molecule has 1 aromatic rings. The molecule has 0 saturated heterocycles. The van der Waals surface area contributed by atoms with E-state index in [2.05, 4.69) is 5.32 Å². The smallest absolute Gasteiger partial charge is 0.328 e. The van der Waals surface area contributed by atoms with Crippen molar-refractivity contribution in [1.29, 1.82) is 0 Å². The van der Waals surface area contributed by atoms with Crippen LogP contribution in [0, 0.1) is 5.92 Å². The van der Waals surface area contributed by atoms with Crippen molar-refractivity contribution in [1.82, 2.24) is 5.32 Å². The van der Waals surface area contributed by atoms with Crippen LogP contribution in [0.1, 0.15) is 30.6 Å². The fraction of sp³-hybridized carbons (Fsp3) is 0.500. The van der Waals surface area contributed by atoms with E-state index in [0.29, 0.717) is 18.3 Å². The number of benzene rings is 1. The number of carboxylic acid groups (broad SMARTS) is 1. The molecule has 0 aromatic heterocycles. The van der Waals surface area contributed by atoms with Crippen molar-refractivity contribution >= 4 is 11.9 Å². The molecule has 0 fully saturated rings. The standard InChI is InChI=1S/C16H22FNO5/c1-10(2)6-7-23-14-8-11(22-3)4-5-12(14)15(19)18-13(9-17)16(20)21/h4-5,8,10,13H,6-7,9H2,1-3H3,(H,18,19)(H,20,21). The number of hydrogen-bond acceptors (Lipinski definition) is 4. The summed E-state index contributed by atoms with van der Waals surface area (Å²) in [5, 5.41) is 10.9. The summed E-state index contributed by atoms with van der Waals surface area (Å²) in [6.07, 6.45) is 0.792. The van der Waals surface area contributed by atoms with Crippen LogP contribution < -0.4 is 14.8 Å². The number of carboxylic acids is 1. The third-order valence-corrected chi connectivity index (χ3v) is 3.14. The monoisotopic (exact) mass is 327 g/mol. The van der Waals surface area contributed by atoms with Gasteiger partial charge in [0.2, 0.25) is 0 Å². The Balaban J connectivity index is 2.94. The summed E-state index contributed by atoms with van der Waals surface area (Å²) >= 11 is 0. The summed E-state index contributed by atoms with van der Waals surface area (Å²) in [7, 11) is 1.48. The van der Waals surface area contributed by atoms with Gasteiger partial charge in [0, 0.05) is 6.07 Å². The first-order valence-electron chi connectivity index (χ1n) is 7.29. The topological polar surface area (TPSA) is 84.9 Å². The highest BCUT2D eigenvalue weighted by Gasteiger charge is 2.22. The van der Waals surface area contributed by atoms with E-state index in [1.165, 1.54) is 13.2 Å². The van der Waals surface area contributed by atoms with E-state index in [1.54, 1.807) is 12.1 Å². The first-order chi connectivity index (χ1) is 10.9. The largest absolute Gasteiger partial charge is 0.497 e. The van der Waals surface area contributed by atoms with Gasteiger partial charge in [-0.25, -0.2) is 9.18 Å². The Hall–Kier alpha value is -2.31. The number of methoxy groups -OCH3 is 1. The number of hydrogen-bond donors (Lipinski definition) is 2. The van der Waals surface area contributed by atoms with Gasteiger partial charge in [-0.05, 0) is 24.5 Å². The van der Waals surface area contributed by atoms with Crippen LogP contribution in [0.15, 0.2) is 18.2 Å². The second-order valence-electron chi connectivity index (χ2n) is 5.41. The molecule has 0 aliphatic rings. The Labute approximate surface area is 134 Å². The van der Waals surface area contributed by atoms with Gasteiger partial charge in [0.25, 0.3) is 5.91 Å². The van der Waals surface area contributed by atoms with Crippen molar-refractivity contribution in [3.8, 4) is 11.5 Å². The molecule has 0 aliphatic carbocycles. The Morgan fingerprint density at radius 2 is 2.04 bits per heavy atom. The number of halogens is 1. The van der Waals surface area contributed by atoms with Crippen LogP contribution in [0.2, 0.25) is 0 Å². The molecule has 0 aliphatic heterocycles. The lowest BCUT2D eigenvalue weighted by Crippen LogP contribution is -2.42. The van der Waals surface area contributed by atoms with Crippen LogP contribution in [0.3, 0.4) is 0 Å². The van der Waals surface area contributed by atoms with Gasteiger partial charge in [-0.3, -0.25) is 4.79 Å². The minimum atomic E-state index is -1.59. The van der Waals surface area contributed by atoms with Crippen molar-refractivity contribution in [2.75, 3.05) is 20.4 Å². The highest BCUT2D eigenvalue weighted by atomic mass is 19.1. The average molecular weight is 327 g/mol. The van der Waals surface area contributed by atoms with E-state index in [4.69, 9.17) is 14.6 Å². The lowest BCUT2D eigenvalue weighted by molar-refractivity contribution is -0.139. The predicted octanol–water partition coefficient (Wildman–Crippen LogP) is 2.27. The average Bonchev–Trinajstić information content (AvgIpc) is 2.51. The summed E-state index contributed by atoms with van der Waals surface area (Å²) < 4.78 is 23.3. The van der Waals surface area contributed by atoms with Crippen LogP contribution in [0.25, 0.3) is 0 Å². The lowest BCUT2D eigenvalue weighted by Gasteiger charge is -2.15. The molecule has 0 bridgehead atoms. The van der Waals surface area contributed by atoms with Crippen LogP contribution in [-0.2, 0) is 4.79 Å². The summed E-state index contributed by atoms with van der Waals surface area (Å²) in [5.74, 6) is -0.943. The van der Waals surface area contributed by atoms with Gasteiger partial charge in [-0.1, -0.05) is 13.8 Å². The zero-order valence-corrected chi connectivity index (χ0v) is 13.5. The van der Waals surface area contributed by atoms with E-state index < -0.39 is 24.6 Å². The zero-order chi connectivity index (χ0) is 17.4. The molecule has 0 heterocycles. The third-order valence-electron chi connectivity index (χ3n) is 3.14. The van der Waals surface area contributed by atoms with Gasteiger partial charge >= 0.3 is 5.97 Å². The van der Waals surface area contributed by atoms with Gasteiger partial charge < -0.3 is 19.9 Å². The van der Waals surface area contributed by atoms with Crippen LogP contribution >= 0.6 is 0 Å². The minimum absolute atomic E-state index is 0.134. The van der Waals surface area contributed by atoms with Crippen LogP contribution in [0.4, 0.5) is 4.39 Å². The van der Waals surface area contributed by atoms with E-state index in [0.717, 1.165) is 6.42 Å². The van der Waals surface area contributed by atoms with Gasteiger partial charge in [-0.15, -0.1) is 0 Å². The molecule has 1 unspecified atom stereocenters. The summed E-state index contributed by atoms with van der Waals surface area (Å²) in [4.78, 5) is 23.0. The Morgan fingerprint density at radius 1 is 1.35 bits per heavy atom. The molecule has 23 heavy (non-hydrogen) atoms. The minimum Gasteiger partial charge on any atom is -0.497 e. The third kappa shape index (κ3) is 5.77. The molecule has 2 N–H and O–H groups in total. The molecule has 7 heteroatoms. The van der Waals surface area contributed by atoms with Crippen LogP contribution in [-0.4, -0.2) is 43.4 Å². The van der Waals surface area contributed by atoms with Gasteiger partial charge in [-0.2, -0.15) is 0 Å². The maximum atomic E-state index is 12.6. The van der Waals surface area contributed by atoms with Crippen molar-refractivity contribution in [2.45, 2.75) is 26.3 Å². The number of amides is 1. The predicted molar refractivity (Wildman–Crippen MR) is 82.8 cm³/mol. The molecular weight excluding hydrogens is 305 g/mol. The molecule has 0 saturated carbocycles. The molecular formula is C16H22FNO5. The number of rotatable bonds is 9. The Kier molecular flexibility index (Phi) is 7.31. The van der Waals surface area contributed by atoms with Crippen LogP contribution in [0.5, 0.6) is 11.5 Å². The number of carbonyl (C=O) groups excluding carboxylic acids is 1. The number of nitrogens with one attached hydrogen (secondary N) is 1. The summed E-state index contributed by atoms with van der Waals surface area (Å²) in [5.41, 5.74) is 0.134. The highest BCUT2D eigenvalue weighted by Crippen LogP contribution is 2.25. The van der Waals surface area contributed by atoms with Crippen molar-refractivity contribution < 1.29 is 28.6 Å². The van der Waals surface area contributed by atoms with E-state index in [9.17, 15) is 14.0 Å². The molecule has 1 aromatic carbocycles. The van der Waals surface area contributed by atoms with Crippen molar-refractivity contribution in [3.05, 3.63) is 23.8 Å².